The summed E-state index contributed by atoms with van der Waals surface area (Å²) in [5.41, 5.74) is 3.81. The molecule has 0 aliphatic carbocycles. The molecular weight excluding hydrogens is 387 g/mol. The Balaban J connectivity index is 1.55. The number of aryl methyl sites for hydroxylation is 1. The van der Waals surface area contributed by atoms with E-state index >= 15 is 0 Å². The molecule has 1 aromatic carbocycles. The molecule has 0 spiro atoms. The van der Waals surface area contributed by atoms with E-state index in [4.69, 9.17) is 0 Å². The Bertz CT molecular complexity index is 1170. The van der Waals surface area contributed by atoms with E-state index in [0.29, 0.717) is 16.8 Å². The molecule has 29 heavy (non-hydrogen) atoms. The van der Waals surface area contributed by atoms with Gasteiger partial charge in [-0.3, -0.25) is 19.7 Å². The van der Waals surface area contributed by atoms with Crippen LogP contribution in [0.15, 0.2) is 55.1 Å². The molecule has 0 saturated heterocycles. The van der Waals surface area contributed by atoms with Crippen LogP contribution in [0.3, 0.4) is 0 Å². The third-order valence-electron chi connectivity index (χ3n) is 4.59. The Hall–Kier alpha value is -3.32. The first-order valence-corrected chi connectivity index (χ1v) is 9.82. The van der Waals surface area contributed by atoms with Crippen LogP contribution >= 0.6 is 11.3 Å². The Kier molecular flexibility index (Phi) is 5.22. The maximum atomic E-state index is 13.7. The van der Waals surface area contributed by atoms with Gasteiger partial charge >= 0.3 is 0 Å². The molecule has 5 nitrogen and oxygen atoms in total. The molecular formula is C22H17FN4OS. The minimum Gasteiger partial charge on any atom is -0.294 e. The topological polar surface area (TPSA) is 68.6 Å². The van der Waals surface area contributed by atoms with Crippen LogP contribution in [0.1, 0.15) is 26.5 Å². The van der Waals surface area contributed by atoms with Crippen molar-refractivity contribution in [2.75, 3.05) is 0 Å². The minimum atomic E-state index is -0.378. The molecule has 0 amide bonds. The number of ketones is 1. The molecule has 0 aliphatic rings. The summed E-state index contributed by atoms with van der Waals surface area (Å²) in [6, 6.07) is 8.25. The SMILES string of the molecule is Cc1sc(-c2cnccn2)nc1-c1ccc(CC(=O)c2cccc(F)c2C)nc1. The van der Waals surface area contributed by atoms with Gasteiger partial charge in [0, 0.05) is 40.3 Å². The normalized spacial score (nSPS) is 10.9. The highest BCUT2D eigenvalue weighted by atomic mass is 32.1. The molecule has 0 unspecified atom stereocenters. The predicted molar refractivity (Wildman–Crippen MR) is 110 cm³/mol. The lowest BCUT2D eigenvalue weighted by atomic mass is 10.0. The summed E-state index contributed by atoms with van der Waals surface area (Å²) in [6.45, 7) is 3.61. The second-order valence-corrected chi connectivity index (χ2v) is 7.77. The summed E-state index contributed by atoms with van der Waals surface area (Å²) in [4.78, 5) is 31.0. The van der Waals surface area contributed by atoms with Gasteiger partial charge in [0.15, 0.2) is 5.78 Å². The number of hydrogen-bond acceptors (Lipinski definition) is 6. The van der Waals surface area contributed by atoms with E-state index in [-0.39, 0.29) is 18.0 Å². The van der Waals surface area contributed by atoms with Crippen molar-refractivity contribution >= 4 is 17.1 Å². The average molecular weight is 404 g/mol. The van der Waals surface area contributed by atoms with Gasteiger partial charge in [0.25, 0.3) is 0 Å². The van der Waals surface area contributed by atoms with Crippen LogP contribution in [-0.2, 0) is 6.42 Å². The molecule has 144 valence electrons. The van der Waals surface area contributed by atoms with E-state index in [2.05, 4.69) is 19.9 Å². The number of thiazole rings is 1. The van der Waals surface area contributed by atoms with Crippen LogP contribution in [0.5, 0.6) is 0 Å². The zero-order valence-electron chi connectivity index (χ0n) is 15.9. The Morgan fingerprint density at radius 3 is 2.66 bits per heavy atom. The van der Waals surface area contributed by atoms with E-state index in [0.717, 1.165) is 26.8 Å². The summed E-state index contributed by atoms with van der Waals surface area (Å²) in [7, 11) is 0. The molecule has 0 radical (unpaired) electrons. The van der Waals surface area contributed by atoms with Gasteiger partial charge in [-0.1, -0.05) is 12.1 Å². The molecule has 0 aliphatic heterocycles. The van der Waals surface area contributed by atoms with Crippen LogP contribution in [0.25, 0.3) is 22.0 Å². The van der Waals surface area contributed by atoms with Gasteiger partial charge in [-0.25, -0.2) is 9.37 Å². The van der Waals surface area contributed by atoms with Gasteiger partial charge in [-0.2, -0.15) is 0 Å². The molecule has 0 fully saturated rings. The van der Waals surface area contributed by atoms with Crippen LogP contribution in [-0.4, -0.2) is 25.7 Å². The third kappa shape index (κ3) is 3.95. The first-order valence-electron chi connectivity index (χ1n) is 9.00. The smallest absolute Gasteiger partial charge is 0.169 e. The lowest BCUT2D eigenvalue weighted by molar-refractivity contribution is 0.0991. The fourth-order valence-electron chi connectivity index (χ4n) is 3.02. The monoisotopic (exact) mass is 404 g/mol. The van der Waals surface area contributed by atoms with E-state index < -0.39 is 0 Å². The molecule has 0 N–H and O–H groups in total. The van der Waals surface area contributed by atoms with Crippen molar-refractivity contribution in [1.82, 2.24) is 19.9 Å². The van der Waals surface area contributed by atoms with Crippen molar-refractivity contribution in [3.63, 3.8) is 0 Å². The zero-order chi connectivity index (χ0) is 20.4. The average Bonchev–Trinajstić information content (AvgIpc) is 3.13. The summed E-state index contributed by atoms with van der Waals surface area (Å²) in [6.07, 6.45) is 6.78. The van der Waals surface area contributed by atoms with Crippen LogP contribution in [0.4, 0.5) is 4.39 Å². The number of halogens is 1. The summed E-state index contributed by atoms with van der Waals surface area (Å²) in [5.74, 6) is -0.533. The van der Waals surface area contributed by atoms with Crippen LogP contribution in [0.2, 0.25) is 0 Å². The highest BCUT2D eigenvalue weighted by Crippen LogP contribution is 2.31. The number of benzene rings is 1. The maximum Gasteiger partial charge on any atom is 0.169 e. The largest absolute Gasteiger partial charge is 0.294 e. The molecule has 4 aromatic rings. The van der Waals surface area contributed by atoms with E-state index in [9.17, 15) is 9.18 Å². The van der Waals surface area contributed by atoms with Crippen LogP contribution in [0, 0.1) is 19.7 Å². The molecule has 0 atom stereocenters. The Morgan fingerprint density at radius 2 is 1.93 bits per heavy atom. The van der Waals surface area contributed by atoms with Crippen molar-refractivity contribution in [1.29, 1.82) is 0 Å². The first-order chi connectivity index (χ1) is 14.0. The molecule has 0 saturated carbocycles. The number of pyridine rings is 1. The van der Waals surface area contributed by atoms with Crippen molar-refractivity contribution in [3.8, 4) is 22.0 Å². The number of aromatic nitrogens is 4. The highest BCUT2D eigenvalue weighted by Gasteiger charge is 2.15. The lowest BCUT2D eigenvalue weighted by Crippen LogP contribution is -2.08. The second-order valence-electron chi connectivity index (χ2n) is 6.57. The van der Waals surface area contributed by atoms with Gasteiger partial charge in [-0.15, -0.1) is 11.3 Å². The molecule has 3 aromatic heterocycles. The third-order valence-corrected chi connectivity index (χ3v) is 5.58. The van der Waals surface area contributed by atoms with E-state index in [1.165, 1.54) is 6.07 Å². The highest BCUT2D eigenvalue weighted by molar-refractivity contribution is 7.15. The Morgan fingerprint density at radius 1 is 1.07 bits per heavy atom. The van der Waals surface area contributed by atoms with Crippen LogP contribution < -0.4 is 0 Å². The number of carbonyl (C=O) groups excluding carboxylic acids is 1. The number of rotatable bonds is 5. The van der Waals surface area contributed by atoms with Crippen molar-refractivity contribution in [2.24, 2.45) is 0 Å². The van der Waals surface area contributed by atoms with E-state index in [1.54, 1.807) is 55.2 Å². The fourth-order valence-corrected chi connectivity index (χ4v) is 3.92. The number of Topliss-reactive ketones (excluding diaryl/α,β-unsaturated/α-hetero) is 1. The molecule has 0 bridgehead atoms. The van der Waals surface area contributed by atoms with Crippen molar-refractivity contribution in [2.45, 2.75) is 20.3 Å². The number of nitrogens with zero attached hydrogens (tertiary/aromatic N) is 4. The standard InChI is InChI=1S/C22H17FN4OS/c1-13-17(4-3-5-18(13)23)20(28)10-16-7-6-15(11-26-16)21-14(2)29-22(27-21)19-12-24-8-9-25-19/h3-9,11-12H,10H2,1-2H3. The van der Waals surface area contributed by atoms with E-state index in [1.807, 2.05) is 19.1 Å². The molecule has 7 heteroatoms. The fraction of sp³-hybridized carbons (Fsp3) is 0.136. The van der Waals surface area contributed by atoms with Gasteiger partial charge in [0.05, 0.1) is 18.3 Å². The van der Waals surface area contributed by atoms with Crippen molar-refractivity contribution in [3.05, 3.63) is 82.6 Å². The lowest BCUT2D eigenvalue weighted by Gasteiger charge is -2.06. The maximum absolute atomic E-state index is 13.7. The number of carbonyl (C=O) groups is 1. The summed E-state index contributed by atoms with van der Waals surface area (Å²) >= 11 is 1.55. The quantitative estimate of drug-likeness (QED) is 0.445. The van der Waals surface area contributed by atoms with Gasteiger partial charge in [0.1, 0.15) is 16.5 Å². The van der Waals surface area contributed by atoms with Gasteiger partial charge in [-0.05, 0) is 37.6 Å². The minimum absolute atomic E-state index is 0.117. The Labute approximate surface area is 171 Å². The molecule has 4 rings (SSSR count). The predicted octanol–water partition coefficient (Wildman–Crippen LogP) is 4.84. The first kappa shape index (κ1) is 19.0. The van der Waals surface area contributed by atoms with Crippen molar-refractivity contribution < 1.29 is 9.18 Å². The summed E-state index contributed by atoms with van der Waals surface area (Å²) in [5, 5.41) is 0.798. The summed E-state index contributed by atoms with van der Waals surface area (Å²) < 4.78 is 13.7. The van der Waals surface area contributed by atoms with Gasteiger partial charge in [0.2, 0.25) is 0 Å². The molecule has 3 heterocycles. The zero-order valence-corrected chi connectivity index (χ0v) is 16.7. The second kappa shape index (κ2) is 7.97. The number of hydrogen-bond donors (Lipinski definition) is 0. The van der Waals surface area contributed by atoms with Gasteiger partial charge < -0.3 is 0 Å².